The molecule has 0 radical (unpaired) electrons. The van der Waals surface area contributed by atoms with Crippen LogP contribution in [0.4, 0.5) is 0 Å². The topological polar surface area (TPSA) is 62.3 Å². The van der Waals surface area contributed by atoms with Crippen LogP contribution in [0.1, 0.15) is 41.4 Å². The molecule has 1 aliphatic rings. The van der Waals surface area contributed by atoms with Gasteiger partial charge in [-0.2, -0.15) is 0 Å². The summed E-state index contributed by atoms with van der Waals surface area (Å²) in [5, 5.41) is 3.05. The van der Waals surface area contributed by atoms with E-state index in [2.05, 4.69) is 22.4 Å². The molecule has 2 amide bonds. The van der Waals surface area contributed by atoms with Gasteiger partial charge >= 0.3 is 0 Å². The summed E-state index contributed by atoms with van der Waals surface area (Å²) in [5.41, 5.74) is 2.53. The van der Waals surface area contributed by atoms with Crippen LogP contribution in [0.2, 0.25) is 0 Å². The van der Waals surface area contributed by atoms with Gasteiger partial charge in [-0.25, -0.2) is 0 Å². The van der Waals surface area contributed by atoms with Crippen molar-refractivity contribution < 1.29 is 9.59 Å². The third-order valence-corrected chi connectivity index (χ3v) is 4.95. The van der Waals surface area contributed by atoms with E-state index in [0.717, 1.165) is 30.5 Å². The Labute approximate surface area is 154 Å². The molecule has 1 N–H and O–H groups in total. The Morgan fingerprint density at radius 1 is 1.19 bits per heavy atom. The zero-order chi connectivity index (χ0) is 18.5. The maximum atomic E-state index is 13.2. The molecule has 0 aliphatic carbocycles. The van der Waals surface area contributed by atoms with E-state index in [4.69, 9.17) is 0 Å². The number of hydrogen-bond acceptors (Lipinski definition) is 3. The van der Waals surface area contributed by atoms with E-state index in [1.165, 1.54) is 6.92 Å². The van der Waals surface area contributed by atoms with Crippen molar-refractivity contribution in [2.45, 2.75) is 45.2 Å². The van der Waals surface area contributed by atoms with Gasteiger partial charge < -0.3 is 10.2 Å². The Morgan fingerprint density at radius 3 is 2.65 bits per heavy atom. The molecule has 2 atom stereocenters. The monoisotopic (exact) mass is 351 g/mol. The number of carbonyl (C=O) groups is 2. The van der Waals surface area contributed by atoms with Gasteiger partial charge in [0.2, 0.25) is 5.91 Å². The minimum absolute atomic E-state index is 0.00779. The first-order chi connectivity index (χ1) is 12.6. The van der Waals surface area contributed by atoms with Gasteiger partial charge in [0.1, 0.15) is 0 Å². The molecule has 5 nitrogen and oxygen atoms in total. The van der Waals surface area contributed by atoms with Crippen molar-refractivity contribution in [3.8, 4) is 0 Å². The predicted octanol–water partition coefficient (Wildman–Crippen LogP) is 2.74. The molecule has 5 heteroatoms. The quantitative estimate of drug-likeness (QED) is 0.921. The van der Waals surface area contributed by atoms with E-state index in [-0.39, 0.29) is 23.9 Å². The number of aryl methyl sites for hydroxylation is 1. The zero-order valence-electron chi connectivity index (χ0n) is 15.3. The van der Waals surface area contributed by atoms with E-state index < -0.39 is 0 Å². The van der Waals surface area contributed by atoms with Gasteiger partial charge in [0.05, 0.1) is 11.6 Å². The number of carbonyl (C=O) groups excluding carboxylic acids is 2. The van der Waals surface area contributed by atoms with Gasteiger partial charge in [0.25, 0.3) is 5.91 Å². The smallest absolute Gasteiger partial charge is 0.256 e. The fourth-order valence-electron chi connectivity index (χ4n) is 3.71. The molecular weight excluding hydrogens is 326 g/mol. The lowest BCUT2D eigenvalue weighted by molar-refractivity contribution is -0.120. The number of nitrogens with zero attached hydrogens (tertiary/aromatic N) is 2. The van der Waals surface area contributed by atoms with Gasteiger partial charge in [0.15, 0.2) is 0 Å². The summed E-state index contributed by atoms with van der Waals surface area (Å²) >= 11 is 0. The number of likely N-dealkylation sites (tertiary alicyclic amines) is 1. The molecular formula is C21H25N3O2. The third kappa shape index (κ3) is 4.10. The highest BCUT2D eigenvalue weighted by Gasteiger charge is 2.35. The molecule has 2 aromatic rings. The molecule has 26 heavy (non-hydrogen) atoms. The number of amides is 2. The summed E-state index contributed by atoms with van der Waals surface area (Å²) in [6.07, 6.45) is 4.18. The highest BCUT2D eigenvalue weighted by molar-refractivity contribution is 5.95. The molecule has 136 valence electrons. The van der Waals surface area contributed by atoms with Crippen molar-refractivity contribution >= 4 is 11.8 Å². The van der Waals surface area contributed by atoms with E-state index in [9.17, 15) is 9.59 Å². The van der Waals surface area contributed by atoms with Crippen molar-refractivity contribution in [2.75, 3.05) is 6.54 Å². The molecule has 1 aliphatic heterocycles. The Hall–Kier alpha value is -2.69. The first-order valence-electron chi connectivity index (χ1n) is 9.10. The second kappa shape index (κ2) is 8.13. The number of benzene rings is 1. The molecule has 2 heterocycles. The maximum absolute atomic E-state index is 13.2. The Kier molecular flexibility index (Phi) is 5.66. The minimum Gasteiger partial charge on any atom is -0.352 e. The Morgan fingerprint density at radius 2 is 1.96 bits per heavy atom. The molecule has 1 fully saturated rings. The second-order valence-corrected chi connectivity index (χ2v) is 6.84. The van der Waals surface area contributed by atoms with E-state index in [0.29, 0.717) is 12.1 Å². The van der Waals surface area contributed by atoms with Crippen LogP contribution < -0.4 is 5.32 Å². The van der Waals surface area contributed by atoms with E-state index >= 15 is 0 Å². The third-order valence-electron chi connectivity index (χ3n) is 4.95. The van der Waals surface area contributed by atoms with Gasteiger partial charge in [-0.15, -0.1) is 0 Å². The summed E-state index contributed by atoms with van der Waals surface area (Å²) in [6.45, 7) is 4.08. The first kappa shape index (κ1) is 18.1. The average Bonchev–Trinajstić information content (AvgIpc) is 2.63. The lowest BCUT2D eigenvalue weighted by atomic mass is 9.90. The van der Waals surface area contributed by atoms with E-state index in [1.807, 2.05) is 36.1 Å². The largest absolute Gasteiger partial charge is 0.352 e. The fourth-order valence-corrected chi connectivity index (χ4v) is 3.71. The molecule has 0 unspecified atom stereocenters. The Bertz CT molecular complexity index is 776. The van der Waals surface area contributed by atoms with Crippen molar-refractivity contribution in [2.24, 2.45) is 0 Å². The van der Waals surface area contributed by atoms with Crippen LogP contribution in [0.3, 0.4) is 0 Å². The van der Waals surface area contributed by atoms with Gasteiger partial charge in [0, 0.05) is 31.4 Å². The van der Waals surface area contributed by atoms with Crippen LogP contribution in [0.25, 0.3) is 0 Å². The van der Waals surface area contributed by atoms with Crippen LogP contribution in [0, 0.1) is 6.92 Å². The molecule has 0 bridgehead atoms. The molecule has 0 spiro atoms. The number of pyridine rings is 1. The standard InChI is InChI=1S/C21H25N3O2/c1-15-18(10-6-12-22-15)21(26)24-13-7-11-19(23-16(2)25)20(24)14-17-8-4-3-5-9-17/h3-6,8-10,12,19-20H,7,11,13-14H2,1-2H3,(H,23,25)/t19-,20-/m0/s1. The normalized spacial score (nSPS) is 19.8. The zero-order valence-corrected chi connectivity index (χ0v) is 15.3. The van der Waals surface area contributed by atoms with E-state index in [1.54, 1.807) is 12.3 Å². The second-order valence-electron chi connectivity index (χ2n) is 6.84. The van der Waals surface area contributed by atoms with Crippen LogP contribution in [0.5, 0.6) is 0 Å². The summed E-state index contributed by atoms with van der Waals surface area (Å²) in [6, 6.07) is 13.6. The molecule has 1 aromatic carbocycles. The predicted molar refractivity (Wildman–Crippen MR) is 101 cm³/mol. The van der Waals surface area contributed by atoms with Crippen molar-refractivity contribution in [3.05, 3.63) is 65.5 Å². The highest BCUT2D eigenvalue weighted by Crippen LogP contribution is 2.24. The van der Waals surface area contributed by atoms with Crippen LogP contribution in [0.15, 0.2) is 48.7 Å². The number of nitrogens with one attached hydrogen (secondary N) is 1. The van der Waals surface area contributed by atoms with Gasteiger partial charge in [-0.05, 0) is 43.9 Å². The number of rotatable bonds is 4. The van der Waals surface area contributed by atoms with Crippen LogP contribution in [-0.4, -0.2) is 40.3 Å². The average molecular weight is 351 g/mol. The number of piperidine rings is 1. The minimum atomic E-state index is -0.0674. The first-order valence-corrected chi connectivity index (χ1v) is 9.10. The van der Waals surface area contributed by atoms with Gasteiger partial charge in [-0.1, -0.05) is 30.3 Å². The molecule has 1 saturated heterocycles. The van der Waals surface area contributed by atoms with Crippen LogP contribution in [-0.2, 0) is 11.2 Å². The Balaban J connectivity index is 1.90. The molecule has 0 saturated carbocycles. The van der Waals surface area contributed by atoms with Crippen molar-refractivity contribution in [3.63, 3.8) is 0 Å². The van der Waals surface area contributed by atoms with Crippen molar-refractivity contribution in [1.29, 1.82) is 0 Å². The van der Waals surface area contributed by atoms with Crippen molar-refractivity contribution in [1.82, 2.24) is 15.2 Å². The lowest BCUT2D eigenvalue weighted by Crippen LogP contribution is -2.57. The summed E-state index contributed by atoms with van der Waals surface area (Å²) in [7, 11) is 0. The fraction of sp³-hybridized carbons (Fsp3) is 0.381. The maximum Gasteiger partial charge on any atom is 0.256 e. The summed E-state index contributed by atoms with van der Waals surface area (Å²) in [4.78, 5) is 31.1. The highest BCUT2D eigenvalue weighted by atomic mass is 16.2. The summed E-state index contributed by atoms with van der Waals surface area (Å²) in [5.74, 6) is -0.0634. The van der Waals surface area contributed by atoms with Crippen LogP contribution >= 0.6 is 0 Å². The lowest BCUT2D eigenvalue weighted by Gasteiger charge is -2.42. The van der Waals surface area contributed by atoms with Gasteiger partial charge in [-0.3, -0.25) is 14.6 Å². The SMILES string of the molecule is CC(=O)N[C@H]1CCCN(C(=O)c2cccnc2C)[C@H]1Cc1ccccc1. The molecule has 1 aromatic heterocycles. The number of hydrogen-bond donors (Lipinski definition) is 1. The number of aromatic nitrogens is 1. The summed E-state index contributed by atoms with van der Waals surface area (Å²) < 4.78 is 0. The molecule has 3 rings (SSSR count).